The highest BCUT2D eigenvalue weighted by Crippen LogP contribution is 2.28. The van der Waals surface area contributed by atoms with E-state index in [4.69, 9.17) is 11.6 Å². The fourth-order valence-corrected chi connectivity index (χ4v) is 4.94. The first-order chi connectivity index (χ1) is 15.1. The smallest absolute Gasteiger partial charge is 0.232 e. The lowest BCUT2D eigenvalue weighted by Gasteiger charge is -2.34. The molecule has 174 valence electrons. The lowest BCUT2D eigenvalue weighted by Crippen LogP contribution is -2.44. The number of hydrogen-bond acceptors (Lipinski definition) is 5. The fraction of sp³-hybridized carbons (Fsp3) is 0.435. The van der Waals surface area contributed by atoms with Crippen LogP contribution in [0.1, 0.15) is 18.4 Å². The van der Waals surface area contributed by atoms with Crippen molar-refractivity contribution >= 4 is 44.6 Å². The molecule has 0 radical (unpaired) electrons. The molecule has 0 aromatic heterocycles. The minimum Gasteiger partial charge on any atom is -0.369 e. The lowest BCUT2D eigenvalue weighted by molar-refractivity contribution is -0.116. The standard InChI is InChI=1S/C23H31ClN4O3S/c1-18-21(24)6-4-7-22(18)28(32(3,30)31)13-5-8-23(29)25-19-9-11-20(12-10-19)27-16-14-26(2)15-17-27/h4,6-7,9-12H,5,8,13-17H2,1-3H3,(H,25,29). The van der Waals surface area contributed by atoms with Gasteiger partial charge in [-0.3, -0.25) is 9.10 Å². The summed E-state index contributed by atoms with van der Waals surface area (Å²) in [6.45, 7) is 6.05. The van der Waals surface area contributed by atoms with Crippen LogP contribution in [-0.2, 0) is 14.8 Å². The van der Waals surface area contributed by atoms with E-state index in [1.807, 2.05) is 24.3 Å². The molecule has 32 heavy (non-hydrogen) atoms. The summed E-state index contributed by atoms with van der Waals surface area (Å²) in [6.07, 6.45) is 1.77. The highest BCUT2D eigenvalue weighted by atomic mass is 35.5. The second-order valence-corrected chi connectivity index (χ2v) is 10.5. The molecule has 0 saturated carbocycles. The third kappa shape index (κ3) is 6.37. The van der Waals surface area contributed by atoms with Gasteiger partial charge in [-0.2, -0.15) is 0 Å². The van der Waals surface area contributed by atoms with Crippen LogP contribution < -0.4 is 14.5 Å². The Morgan fingerprint density at radius 3 is 2.38 bits per heavy atom. The number of nitrogens with one attached hydrogen (secondary N) is 1. The first-order valence-corrected chi connectivity index (χ1v) is 12.9. The fourth-order valence-electron chi connectivity index (χ4n) is 3.76. The van der Waals surface area contributed by atoms with Crippen molar-refractivity contribution in [1.82, 2.24) is 4.90 Å². The molecule has 1 N–H and O–H groups in total. The van der Waals surface area contributed by atoms with Gasteiger partial charge in [0.2, 0.25) is 15.9 Å². The molecule has 0 atom stereocenters. The molecule has 1 heterocycles. The molecule has 3 rings (SSSR count). The molecule has 1 aliphatic heterocycles. The molecule has 7 nitrogen and oxygen atoms in total. The van der Waals surface area contributed by atoms with E-state index in [1.165, 1.54) is 4.31 Å². The topological polar surface area (TPSA) is 73.0 Å². The summed E-state index contributed by atoms with van der Waals surface area (Å²) in [5, 5.41) is 3.41. The van der Waals surface area contributed by atoms with E-state index in [0.29, 0.717) is 22.7 Å². The van der Waals surface area contributed by atoms with Crippen molar-refractivity contribution in [3.8, 4) is 0 Å². The molecular formula is C23H31ClN4O3S. The molecule has 1 saturated heterocycles. The van der Waals surface area contributed by atoms with Crippen molar-refractivity contribution in [1.29, 1.82) is 0 Å². The maximum atomic E-state index is 12.4. The Morgan fingerprint density at radius 2 is 1.75 bits per heavy atom. The minimum absolute atomic E-state index is 0.145. The highest BCUT2D eigenvalue weighted by molar-refractivity contribution is 7.92. The number of halogens is 1. The van der Waals surface area contributed by atoms with E-state index < -0.39 is 10.0 Å². The molecule has 0 spiro atoms. The normalized spacial score (nSPS) is 14.9. The van der Waals surface area contributed by atoms with Gasteiger partial charge in [0.25, 0.3) is 0 Å². The van der Waals surface area contributed by atoms with Crippen molar-refractivity contribution in [3.05, 3.63) is 53.1 Å². The van der Waals surface area contributed by atoms with Gasteiger partial charge >= 0.3 is 0 Å². The van der Waals surface area contributed by atoms with E-state index in [2.05, 4.69) is 22.2 Å². The number of nitrogens with zero attached hydrogens (tertiary/aromatic N) is 3. The molecule has 2 aromatic carbocycles. The van der Waals surface area contributed by atoms with Crippen LogP contribution in [0.5, 0.6) is 0 Å². The molecular weight excluding hydrogens is 448 g/mol. The Labute approximate surface area is 196 Å². The van der Waals surface area contributed by atoms with Gasteiger partial charge in [-0.15, -0.1) is 0 Å². The third-order valence-corrected chi connectivity index (χ3v) is 7.28. The first kappa shape index (κ1) is 24.4. The highest BCUT2D eigenvalue weighted by Gasteiger charge is 2.20. The molecule has 0 aliphatic carbocycles. The summed E-state index contributed by atoms with van der Waals surface area (Å²) < 4.78 is 25.9. The van der Waals surface area contributed by atoms with Gasteiger partial charge in [-0.05, 0) is 62.4 Å². The third-order valence-electron chi connectivity index (χ3n) is 5.69. The van der Waals surface area contributed by atoms with E-state index in [0.717, 1.165) is 43.8 Å². The number of benzene rings is 2. The van der Waals surface area contributed by atoms with Crippen LogP contribution in [0.25, 0.3) is 0 Å². The number of piperazine rings is 1. The number of rotatable bonds is 8. The minimum atomic E-state index is -3.50. The van der Waals surface area contributed by atoms with Gasteiger partial charge < -0.3 is 15.1 Å². The number of amides is 1. The summed E-state index contributed by atoms with van der Waals surface area (Å²) in [4.78, 5) is 17.1. The van der Waals surface area contributed by atoms with Crippen molar-refractivity contribution in [2.24, 2.45) is 0 Å². The average molecular weight is 479 g/mol. The molecule has 0 unspecified atom stereocenters. The van der Waals surface area contributed by atoms with Gasteiger partial charge in [-0.25, -0.2) is 8.42 Å². The van der Waals surface area contributed by atoms with Gasteiger partial charge in [0.1, 0.15) is 0 Å². The second-order valence-electron chi connectivity index (χ2n) is 8.21. The van der Waals surface area contributed by atoms with Crippen LogP contribution >= 0.6 is 11.6 Å². The van der Waals surface area contributed by atoms with E-state index in [-0.39, 0.29) is 18.9 Å². The van der Waals surface area contributed by atoms with Crippen molar-refractivity contribution in [3.63, 3.8) is 0 Å². The maximum Gasteiger partial charge on any atom is 0.232 e. The van der Waals surface area contributed by atoms with Crippen molar-refractivity contribution in [2.45, 2.75) is 19.8 Å². The van der Waals surface area contributed by atoms with Crippen molar-refractivity contribution in [2.75, 3.05) is 60.5 Å². The molecule has 1 fully saturated rings. The van der Waals surface area contributed by atoms with Gasteiger partial charge in [0.15, 0.2) is 0 Å². The zero-order valence-electron chi connectivity index (χ0n) is 18.8. The number of sulfonamides is 1. The van der Waals surface area contributed by atoms with Crippen molar-refractivity contribution < 1.29 is 13.2 Å². The SMILES string of the molecule is Cc1c(Cl)cccc1N(CCCC(=O)Nc1ccc(N2CCN(C)CC2)cc1)S(C)(=O)=O. The summed E-state index contributed by atoms with van der Waals surface area (Å²) in [6, 6.07) is 13.0. The molecule has 1 aliphatic rings. The van der Waals surface area contributed by atoms with E-state index in [9.17, 15) is 13.2 Å². The van der Waals surface area contributed by atoms with Crippen LogP contribution in [0.2, 0.25) is 5.02 Å². The number of carbonyl (C=O) groups excluding carboxylic acids is 1. The first-order valence-electron chi connectivity index (χ1n) is 10.7. The summed E-state index contributed by atoms with van der Waals surface area (Å²) in [5.74, 6) is -0.145. The van der Waals surface area contributed by atoms with Gasteiger partial charge in [-0.1, -0.05) is 17.7 Å². The Kier molecular flexibility index (Phi) is 8.03. The molecule has 1 amide bonds. The molecule has 2 aromatic rings. The molecule has 9 heteroatoms. The van der Waals surface area contributed by atoms with Gasteiger partial charge in [0.05, 0.1) is 11.9 Å². The van der Waals surface area contributed by atoms with Crippen LogP contribution in [0, 0.1) is 6.92 Å². The Bertz CT molecular complexity index is 1040. The van der Waals surface area contributed by atoms with Crippen LogP contribution in [0.15, 0.2) is 42.5 Å². The summed E-state index contributed by atoms with van der Waals surface area (Å²) in [7, 11) is -1.37. The Hall–Kier alpha value is -2.29. The second kappa shape index (κ2) is 10.6. The zero-order chi connectivity index (χ0) is 23.3. The predicted octanol–water partition coefficient (Wildman–Crippen LogP) is 3.59. The summed E-state index contributed by atoms with van der Waals surface area (Å²) in [5.41, 5.74) is 3.12. The molecule has 0 bridgehead atoms. The van der Waals surface area contributed by atoms with Gasteiger partial charge in [0, 0.05) is 55.5 Å². The monoisotopic (exact) mass is 478 g/mol. The summed E-state index contributed by atoms with van der Waals surface area (Å²) >= 11 is 6.16. The Morgan fingerprint density at radius 1 is 1.09 bits per heavy atom. The quantitative estimate of drug-likeness (QED) is 0.627. The number of hydrogen-bond donors (Lipinski definition) is 1. The number of likely N-dealkylation sites (N-methyl/N-ethyl adjacent to an activating group) is 1. The van der Waals surface area contributed by atoms with Crippen LogP contribution in [0.4, 0.5) is 17.1 Å². The Balaban J connectivity index is 1.54. The van der Waals surface area contributed by atoms with E-state index >= 15 is 0 Å². The number of carbonyl (C=O) groups is 1. The lowest BCUT2D eigenvalue weighted by atomic mass is 10.2. The predicted molar refractivity (Wildman–Crippen MR) is 132 cm³/mol. The van der Waals surface area contributed by atoms with E-state index in [1.54, 1.807) is 25.1 Å². The maximum absolute atomic E-state index is 12.4. The average Bonchev–Trinajstić information content (AvgIpc) is 2.74. The van der Waals surface area contributed by atoms with Crippen LogP contribution in [-0.4, -0.2) is 65.3 Å². The van der Waals surface area contributed by atoms with Crippen LogP contribution in [0.3, 0.4) is 0 Å². The zero-order valence-corrected chi connectivity index (χ0v) is 20.4. The largest absolute Gasteiger partial charge is 0.369 e. The number of anilines is 3.